The fourth-order valence-electron chi connectivity index (χ4n) is 3.36. The van der Waals surface area contributed by atoms with Crippen molar-refractivity contribution in [1.29, 1.82) is 0 Å². The number of benzene rings is 3. The minimum absolute atomic E-state index is 0.125. The number of hydrogen-bond donors (Lipinski definition) is 4. The first-order chi connectivity index (χ1) is 16.3. The van der Waals surface area contributed by atoms with Gasteiger partial charge in [-0.2, -0.15) is 0 Å². The number of amides is 2. The molecule has 2 unspecified atom stereocenters. The molecule has 0 spiro atoms. The van der Waals surface area contributed by atoms with Crippen molar-refractivity contribution >= 4 is 23.8 Å². The van der Waals surface area contributed by atoms with Crippen LogP contribution in [0.2, 0.25) is 0 Å². The van der Waals surface area contributed by atoms with Gasteiger partial charge in [0.2, 0.25) is 0 Å². The average Bonchev–Trinajstić information content (AvgIpc) is 2.84. The minimum Gasteiger partial charge on any atom is -0.480 e. The van der Waals surface area contributed by atoms with Gasteiger partial charge < -0.3 is 20.8 Å². The van der Waals surface area contributed by atoms with E-state index >= 15 is 0 Å². The SMILES string of the molecule is O=C(NC(Cc1ccccc1)C(=O)O)c1ccc(C(=O)NC(Cc2ccccc2)C(=O)O)cc1. The molecule has 0 heterocycles. The molecule has 2 atom stereocenters. The molecule has 8 nitrogen and oxygen atoms in total. The molecule has 0 aliphatic carbocycles. The summed E-state index contributed by atoms with van der Waals surface area (Å²) < 4.78 is 0. The molecule has 3 aromatic carbocycles. The van der Waals surface area contributed by atoms with E-state index in [1.165, 1.54) is 24.3 Å². The van der Waals surface area contributed by atoms with Gasteiger partial charge in [0.05, 0.1) is 0 Å². The third-order valence-electron chi connectivity index (χ3n) is 5.18. The van der Waals surface area contributed by atoms with Crippen molar-refractivity contribution in [2.24, 2.45) is 0 Å². The first-order valence-electron chi connectivity index (χ1n) is 10.6. The van der Waals surface area contributed by atoms with E-state index in [9.17, 15) is 29.4 Å². The van der Waals surface area contributed by atoms with E-state index in [4.69, 9.17) is 0 Å². The summed E-state index contributed by atoms with van der Waals surface area (Å²) in [5.41, 5.74) is 1.89. The van der Waals surface area contributed by atoms with Crippen LogP contribution in [-0.2, 0) is 22.4 Å². The van der Waals surface area contributed by atoms with Crippen LogP contribution < -0.4 is 10.6 Å². The zero-order chi connectivity index (χ0) is 24.5. The Morgan fingerprint density at radius 3 is 1.18 bits per heavy atom. The van der Waals surface area contributed by atoms with E-state index in [1.54, 1.807) is 48.5 Å². The van der Waals surface area contributed by atoms with Crippen LogP contribution in [0, 0.1) is 0 Å². The molecule has 2 amide bonds. The highest BCUT2D eigenvalue weighted by atomic mass is 16.4. The van der Waals surface area contributed by atoms with Crippen LogP contribution in [-0.4, -0.2) is 46.0 Å². The summed E-state index contributed by atoms with van der Waals surface area (Å²) >= 11 is 0. The summed E-state index contributed by atoms with van der Waals surface area (Å²) in [6.07, 6.45) is 0.251. The summed E-state index contributed by atoms with van der Waals surface area (Å²) in [6, 6.07) is 21.2. The van der Waals surface area contributed by atoms with E-state index < -0.39 is 35.8 Å². The largest absolute Gasteiger partial charge is 0.480 e. The van der Waals surface area contributed by atoms with E-state index in [0.29, 0.717) is 0 Å². The number of hydrogen-bond acceptors (Lipinski definition) is 4. The van der Waals surface area contributed by atoms with Crippen LogP contribution in [0.5, 0.6) is 0 Å². The molecule has 0 saturated heterocycles. The highest BCUT2D eigenvalue weighted by molar-refractivity contribution is 6.00. The van der Waals surface area contributed by atoms with Gasteiger partial charge in [0, 0.05) is 24.0 Å². The second-order valence-corrected chi connectivity index (χ2v) is 7.69. The number of rotatable bonds is 10. The van der Waals surface area contributed by atoms with Gasteiger partial charge in [-0.05, 0) is 35.4 Å². The molecule has 4 N–H and O–H groups in total. The molecule has 0 aliphatic rings. The Morgan fingerprint density at radius 2 is 0.882 bits per heavy atom. The zero-order valence-electron chi connectivity index (χ0n) is 18.2. The second-order valence-electron chi connectivity index (χ2n) is 7.69. The zero-order valence-corrected chi connectivity index (χ0v) is 18.2. The van der Waals surface area contributed by atoms with Crippen molar-refractivity contribution < 1.29 is 29.4 Å². The quantitative estimate of drug-likeness (QED) is 0.368. The van der Waals surface area contributed by atoms with Gasteiger partial charge in [0.15, 0.2) is 0 Å². The lowest BCUT2D eigenvalue weighted by Crippen LogP contribution is -2.42. The van der Waals surface area contributed by atoms with E-state index in [-0.39, 0.29) is 24.0 Å². The Kier molecular flexibility index (Phi) is 8.12. The number of carbonyl (C=O) groups is 4. The van der Waals surface area contributed by atoms with Crippen LogP contribution in [0.25, 0.3) is 0 Å². The smallest absolute Gasteiger partial charge is 0.326 e. The van der Waals surface area contributed by atoms with Crippen molar-refractivity contribution in [3.8, 4) is 0 Å². The van der Waals surface area contributed by atoms with E-state index in [0.717, 1.165) is 11.1 Å². The first kappa shape index (κ1) is 24.2. The van der Waals surface area contributed by atoms with Crippen molar-refractivity contribution in [2.45, 2.75) is 24.9 Å². The van der Waals surface area contributed by atoms with Gasteiger partial charge in [-0.25, -0.2) is 9.59 Å². The first-order valence-corrected chi connectivity index (χ1v) is 10.6. The number of carbonyl (C=O) groups excluding carboxylic acids is 2. The Morgan fingerprint density at radius 1 is 0.559 bits per heavy atom. The minimum atomic E-state index is -1.16. The standard InChI is InChI=1S/C26H24N2O6/c29-23(27-21(25(31)32)15-17-7-3-1-4-8-17)19-11-13-20(14-12-19)24(30)28-22(26(33)34)16-18-9-5-2-6-10-18/h1-14,21-22H,15-16H2,(H,27,29)(H,28,30)(H,31,32)(H,33,34). The number of nitrogens with one attached hydrogen (secondary N) is 2. The normalized spacial score (nSPS) is 12.2. The number of aliphatic carboxylic acids is 2. The Balaban J connectivity index is 1.63. The molecular weight excluding hydrogens is 436 g/mol. The predicted molar refractivity (Wildman–Crippen MR) is 125 cm³/mol. The maximum Gasteiger partial charge on any atom is 0.326 e. The maximum atomic E-state index is 12.5. The summed E-state index contributed by atoms with van der Waals surface area (Å²) in [7, 11) is 0. The maximum absolute atomic E-state index is 12.5. The molecule has 0 aliphatic heterocycles. The molecule has 0 aromatic heterocycles. The molecule has 0 fully saturated rings. The molecule has 0 radical (unpaired) electrons. The highest BCUT2D eigenvalue weighted by Crippen LogP contribution is 2.09. The lowest BCUT2D eigenvalue weighted by molar-refractivity contribution is -0.140. The van der Waals surface area contributed by atoms with Gasteiger partial charge in [-0.3, -0.25) is 9.59 Å². The van der Waals surface area contributed by atoms with E-state index in [1.807, 2.05) is 12.1 Å². The second kappa shape index (κ2) is 11.4. The molecule has 3 rings (SSSR count). The third kappa shape index (κ3) is 6.77. The fourth-order valence-corrected chi connectivity index (χ4v) is 3.36. The van der Waals surface area contributed by atoms with Crippen molar-refractivity contribution in [3.63, 3.8) is 0 Å². The Labute approximate surface area is 196 Å². The van der Waals surface area contributed by atoms with Crippen LogP contribution in [0.15, 0.2) is 84.9 Å². The number of carboxylic acid groups (broad SMARTS) is 2. The molecule has 0 bridgehead atoms. The molecule has 8 heteroatoms. The van der Waals surface area contributed by atoms with Crippen LogP contribution >= 0.6 is 0 Å². The summed E-state index contributed by atoms with van der Waals surface area (Å²) in [4.78, 5) is 48.3. The van der Waals surface area contributed by atoms with Crippen LogP contribution in [0.4, 0.5) is 0 Å². The third-order valence-corrected chi connectivity index (χ3v) is 5.18. The van der Waals surface area contributed by atoms with Gasteiger partial charge in [0.1, 0.15) is 12.1 Å². The monoisotopic (exact) mass is 460 g/mol. The molecule has 0 saturated carbocycles. The molecule has 3 aromatic rings. The molecular formula is C26H24N2O6. The number of carboxylic acids is 2. The van der Waals surface area contributed by atoms with E-state index in [2.05, 4.69) is 10.6 Å². The molecule has 34 heavy (non-hydrogen) atoms. The van der Waals surface area contributed by atoms with Crippen molar-refractivity contribution in [3.05, 3.63) is 107 Å². The highest BCUT2D eigenvalue weighted by Gasteiger charge is 2.23. The van der Waals surface area contributed by atoms with Crippen LogP contribution in [0.3, 0.4) is 0 Å². The summed E-state index contributed by atoms with van der Waals surface area (Å²) in [6.45, 7) is 0. The average molecular weight is 460 g/mol. The lowest BCUT2D eigenvalue weighted by Gasteiger charge is -2.16. The van der Waals surface area contributed by atoms with Gasteiger partial charge >= 0.3 is 11.9 Å². The van der Waals surface area contributed by atoms with Crippen molar-refractivity contribution in [1.82, 2.24) is 10.6 Å². The topological polar surface area (TPSA) is 133 Å². The summed E-state index contributed by atoms with van der Waals surface area (Å²) in [5.74, 6) is -3.51. The predicted octanol–water partition coefficient (Wildman–Crippen LogP) is 2.54. The summed E-state index contributed by atoms with van der Waals surface area (Å²) in [5, 5.41) is 23.9. The Hall–Kier alpha value is -4.46. The lowest BCUT2D eigenvalue weighted by atomic mass is 10.0. The van der Waals surface area contributed by atoms with Gasteiger partial charge in [0.25, 0.3) is 11.8 Å². The Bertz CT molecular complexity index is 1050. The fraction of sp³-hybridized carbons (Fsp3) is 0.154. The molecule has 174 valence electrons. The van der Waals surface area contributed by atoms with Crippen molar-refractivity contribution in [2.75, 3.05) is 0 Å². The van der Waals surface area contributed by atoms with Crippen LogP contribution in [0.1, 0.15) is 31.8 Å². The van der Waals surface area contributed by atoms with Gasteiger partial charge in [-0.1, -0.05) is 60.7 Å². The van der Waals surface area contributed by atoms with Gasteiger partial charge in [-0.15, -0.1) is 0 Å².